The minimum atomic E-state index is -1.04. The Kier molecular flexibility index (Phi) is 6.96. The average molecular weight is 452 g/mol. The Hall–Kier alpha value is -3.15. The first-order chi connectivity index (χ1) is 15.3. The Morgan fingerprint density at radius 2 is 1.36 bits per heavy atom. The maximum absolute atomic E-state index is 13.1. The molecule has 0 spiro atoms. The summed E-state index contributed by atoms with van der Waals surface area (Å²) < 4.78 is 11.0. The predicted molar refractivity (Wildman–Crippen MR) is 127 cm³/mol. The van der Waals surface area contributed by atoms with Crippen LogP contribution in [0, 0.1) is 0 Å². The summed E-state index contributed by atoms with van der Waals surface area (Å²) in [4.78, 5) is 39.9. The van der Waals surface area contributed by atoms with Crippen molar-refractivity contribution in [1.29, 1.82) is 0 Å². The van der Waals surface area contributed by atoms with Crippen LogP contribution in [-0.4, -0.2) is 40.1 Å². The van der Waals surface area contributed by atoms with Gasteiger partial charge in [-0.1, -0.05) is 54.6 Å². The summed E-state index contributed by atoms with van der Waals surface area (Å²) in [6.45, 7) is 10.4. The summed E-state index contributed by atoms with van der Waals surface area (Å²) >= 11 is 0. The summed E-state index contributed by atoms with van der Waals surface area (Å²) in [5.74, 6) is -1.26. The zero-order valence-electron chi connectivity index (χ0n) is 20.3. The van der Waals surface area contributed by atoms with Gasteiger partial charge in [-0.2, -0.15) is 0 Å². The van der Waals surface area contributed by atoms with Crippen LogP contribution >= 0.6 is 0 Å². The van der Waals surface area contributed by atoms with Gasteiger partial charge in [-0.25, -0.2) is 14.5 Å². The number of carbonyl (C=O) groups excluding carboxylic acids is 3. The van der Waals surface area contributed by atoms with E-state index in [1.165, 1.54) is 0 Å². The van der Waals surface area contributed by atoms with Crippen molar-refractivity contribution in [2.75, 3.05) is 0 Å². The molecule has 0 aliphatic carbocycles. The molecule has 0 N–H and O–H groups in total. The minimum Gasteiger partial charge on any atom is -0.458 e. The second-order valence-corrected chi connectivity index (χ2v) is 10.4. The lowest BCUT2D eigenvalue weighted by molar-refractivity contribution is -0.166. The number of nitrogens with zero attached hydrogens (tertiary/aromatic N) is 1. The third-order valence-electron chi connectivity index (χ3n) is 5.27. The number of carbonyl (C=O) groups is 3. The number of hydrogen-bond acceptors (Lipinski definition) is 5. The average Bonchev–Trinajstić information content (AvgIpc) is 2.71. The molecule has 0 radical (unpaired) electrons. The molecule has 2 amide bonds. The van der Waals surface area contributed by atoms with Gasteiger partial charge in [0, 0.05) is 6.42 Å². The van der Waals surface area contributed by atoms with E-state index in [1.54, 1.807) is 41.5 Å². The predicted octanol–water partition coefficient (Wildman–Crippen LogP) is 5.71. The Balaban J connectivity index is 1.87. The van der Waals surface area contributed by atoms with Gasteiger partial charge in [-0.3, -0.25) is 4.79 Å². The van der Waals surface area contributed by atoms with Gasteiger partial charge in [0.2, 0.25) is 5.91 Å². The van der Waals surface area contributed by atoms with Gasteiger partial charge < -0.3 is 9.47 Å². The molecule has 6 heteroatoms. The van der Waals surface area contributed by atoms with Crippen molar-refractivity contribution in [3.05, 3.63) is 60.2 Å². The fourth-order valence-corrected chi connectivity index (χ4v) is 3.89. The van der Waals surface area contributed by atoms with Crippen LogP contribution in [0.25, 0.3) is 11.1 Å². The van der Waals surface area contributed by atoms with Crippen molar-refractivity contribution in [3.63, 3.8) is 0 Å². The van der Waals surface area contributed by atoms with E-state index >= 15 is 0 Å². The van der Waals surface area contributed by atoms with Crippen LogP contribution in [0.5, 0.6) is 0 Å². The second-order valence-electron chi connectivity index (χ2n) is 10.4. The SMILES string of the molecule is CC(C)(C)OC(=O)[C@H]1CC(c2ccc(-c3ccccc3)cc2)CC(=O)N1C(=O)OC(C)(C)C. The van der Waals surface area contributed by atoms with Gasteiger partial charge >= 0.3 is 12.1 Å². The Morgan fingerprint density at radius 1 is 0.818 bits per heavy atom. The Labute approximate surface area is 195 Å². The third-order valence-corrected chi connectivity index (χ3v) is 5.27. The highest BCUT2D eigenvalue weighted by Gasteiger charge is 2.45. The molecule has 2 aromatic rings. The largest absolute Gasteiger partial charge is 0.458 e. The number of piperidine rings is 1. The summed E-state index contributed by atoms with van der Waals surface area (Å²) in [5.41, 5.74) is 1.58. The maximum Gasteiger partial charge on any atom is 0.417 e. The zero-order valence-corrected chi connectivity index (χ0v) is 20.3. The molecule has 1 heterocycles. The maximum atomic E-state index is 13.1. The number of rotatable bonds is 3. The molecular formula is C27H33NO5. The van der Waals surface area contributed by atoms with Crippen LogP contribution in [-0.2, 0) is 19.1 Å². The van der Waals surface area contributed by atoms with Crippen LogP contribution < -0.4 is 0 Å². The van der Waals surface area contributed by atoms with E-state index in [9.17, 15) is 14.4 Å². The normalized spacial score (nSPS) is 19.2. The molecule has 176 valence electrons. The number of ether oxygens (including phenoxy) is 2. The lowest BCUT2D eigenvalue weighted by atomic mass is 9.84. The fraction of sp³-hybridized carbons (Fsp3) is 0.444. The number of amides is 2. The molecule has 1 aliphatic heterocycles. The monoisotopic (exact) mass is 451 g/mol. The Morgan fingerprint density at radius 3 is 1.91 bits per heavy atom. The zero-order chi connectivity index (χ0) is 24.4. The molecule has 2 atom stereocenters. The van der Waals surface area contributed by atoms with Crippen LogP contribution in [0.1, 0.15) is 65.9 Å². The van der Waals surface area contributed by atoms with E-state index in [4.69, 9.17) is 9.47 Å². The van der Waals surface area contributed by atoms with E-state index in [2.05, 4.69) is 0 Å². The van der Waals surface area contributed by atoms with Gasteiger partial charge in [0.1, 0.15) is 17.2 Å². The van der Waals surface area contributed by atoms with Crippen molar-refractivity contribution in [1.82, 2.24) is 4.90 Å². The highest BCUT2D eigenvalue weighted by atomic mass is 16.6. The molecule has 6 nitrogen and oxygen atoms in total. The molecule has 2 aromatic carbocycles. The van der Waals surface area contributed by atoms with Gasteiger partial charge in [-0.15, -0.1) is 0 Å². The Bertz CT molecular complexity index is 1000. The third kappa shape index (κ3) is 6.44. The first kappa shape index (κ1) is 24.5. The van der Waals surface area contributed by atoms with Crippen LogP contribution in [0.3, 0.4) is 0 Å². The molecule has 33 heavy (non-hydrogen) atoms. The quantitative estimate of drug-likeness (QED) is 0.559. The topological polar surface area (TPSA) is 72.9 Å². The number of likely N-dealkylation sites (tertiary alicyclic amines) is 1. The molecule has 1 saturated heterocycles. The van der Waals surface area contributed by atoms with Gasteiger partial charge in [0.15, 0.2) is 0 Å². The van der Waals surface area contributed by atoms with Crippen molar-refractivity contribution >= 4 is 18.0 Å². The van der Waals surface area contributed by atoms with Crippen molar-refractivity contribution in [2.45, 2.75) is 77.5 Å². The van der Waals surface area contributed by atoms with Gasteiger partial charge in [0.25, 0.3) is 0 Å². The van der Waals surface area contributed by atoms with E-state index in [0.717, 1.165) is 21.6 Å². The van der Waals surface area contributed by atoms with E-state index in [-0.39, 0.29) is 18.8 Å². The summed E-state index contributed by atoms with van der Waals surface area (Å²) in [6.07, 6.45) is -0.422. The fourth-order valence-electron chi connectivity index (χ4n) is 3.89. The van der Waals surface area contributed by atoms with Crippen molar-refractivity contribution < 1.29 is 23.9 Å². The molecular weight excluding hydrogens is 418 g/mol. The van der Waals surface area contributed by atoms with E-state index in [1.807, 2.05) is 54.6 Å². The number of benzene rings is 2. The molecule has 0 bridgehead atoms. The van der Waals surface area contributed by atoms with E-state index < -0.39 is 35.2 Å². The van der Waals surface area contributed by atoms with Crippen LogP contribution in [0.2, 0.25) is 0 Å². The van der Waals surface area contributed by atoms with Gasteiger partial charge in [0.05, 0.1) is 0 Å². The first-order valence-electron chi connectivity index (χ1n) is 11.3. The molecule has 3 rings (SSSR count). The summed E-state index contributed by atoms with van der Waals surface area (Å²) in [7, 11) is 0. The molecule has 0 aromatic heterocycles. The minimum absolute atomic E-state index is 0.114. The van der Waals surface area contributed by atoms with Gasteiger partial charge in [-0.05, 0) is 70.6 Å². The first-order valence-corrected chi connectivity index (χ1v) is 11.3. The van der Waals surface area contributed by atoms with Crippen molar-refractivity contribution in [2.24, 2.45) is 0 Å². The highest BCUT2D eigenvalue weighted by Crippen LogP contribution is 2.35. The number of imide groups is 1. The molecule has 1 aliphatic rings. The standard InChI is InChI=1S/C27H33NO5/c1-26(2,3)32-24(30)22-16-21(17-23(29)28(22)25(31)33-27(4,5)6)20-14-12-19(13-15-20)18-10-8-7-9-11-18/h7-15,21-22H,16-17H2,1-6H3/t21?,22-/m1/s1. The summed E-state index contributed by atoms with van der Waals surface area (Å²) in [6, 6.07) is 17.0. The number of hydrogen-bond donors (Lipinski definition) is 0. The highest BCUT2D eigenvalue weighted by molar-refractivity contribution is 5.98. The smallest absolute Gasteiger partial charge is 0.417 e. The lowest BCUT2D eigenvalue weighted by Gasteiger charge is -2.38. The second kappa shape index (κ2) is 9.38. The van der Waals surface area contributed by atoms with E-state index in [0.29, 0.717) is 0 Å². The summed E-state index contributed by atoms with van der Waals surface area (Å²) in [5, 5.41) is 0. The molecule has 1 fully saturated rings. The van der Waals surface area contributed by atoms with Crippen LogP contribution in [0.15, 0.2) is 54.6 Å². The lowest BCUT2D eigenvalue weighted by Crippen LogP contribution is -2.55. The molecule has 0 saturated carbocycles. The van der Waals surface area contributed by atoms with Crippen LogP contribution in [0.4, 0.5) is 4.79 Å². The van der Waals surface area contributed by atoms with Crippen molar-refractivity contribution in [3.8, 4) is 11.1 Å². The molecule has 1 unspecified atom stereocenters. The number of esters is 1.